The average molecular weight is 1610 g/mol. The molecule has 4 aliphatic heterocycles. The number of piperazine rings is 2. The number of ether oxygens (including phenoxy) is 1. The quantitative estimate of drug-likeness (QED) is 0.0201. The number of amides is 4. The molecule has 6 aromatic rings. The molecule has 5 heterocycles. The van der Waals surface area contributed by atoms with Gasteiger partial charge in [-0.05, 0) is 159 Å². The Balaban J connectivity index is 0.622. The summed E-state index contributed by atoms with van der Waals surface area (Å²) in [5.41, 5.74) is 2.70. The van der Waals surface area contributed by atoms with Crippen molar-refractivity contribution >= 4 is 95.1 Å². The average Bonchev–Trinajstić information content (AvgIpc) is 0.877. The number of anilines is 2. The Morgan fingerprint density at radius 1 is 0.773 bits per heavy atom. The minimum Gasteiger partial charge on any atom is -0.391 e. The van der Waals surface area contributed by atoms with E-state index < -0.39 is 76.4 Å². The largest absolute Gasteiger partial charge is 0.501 e. The highest BCUT2D eigenvalue weighted by Gasteiger charge is 2.49. The molecule has 5 aromatic carbocycles. The topological polar surface area (TPSA) is 246 Å². The number of alkyl halides is 3. The van der Waals surface area contributed by atoms with Gasteiger partial charge in [-0.2, -0.15) is 13.2 Å². The van der Waals surface area contributed by atoms with Crippen molar-refractivity contribution in [3.05, 3.63) is 160 Å². The van der Waals surface area contributed by atoms with Gasteiger partial charge in [0.2, 0.25) is 17.7 Å². The molecule has 6 atom stereocenters. The normalized spacial score (nSPS) is 20.5. The summed E-state index contributed by atoms with van der Waals surface area (Å²) in [6.45, 7) is 24.5. The molecule has 5 N–H and O–H groups in total. The molecule has 4 fully saturated rings. The van der Waals surface area contributed by atoms with Gasteiger partial charge in [-0.1, -0.05) is 112 Å². The van der Waals surface area contributed by atoms with Gasteiger partial charge in [0.1, 0.15) is 17.0 Å². The number of aromatic nitrogens is 1. The lowest BCUT2D eigenvalue weighted by molar-refractivity contribution is -0.144. The number of halogens is 4. The van der Waals surface area contributed by atoms with Gasteiger partial charge in [0.05, 0.1) is 52.0 Å². The van der Waals surface area contributed by atoms with E-state index in [1.54, 1.807) is 23.5 Å². The van der Waals surface area contributed by atoms with Crippen LogP contribution < -0.4 is 25.6 Å². The number of benzene rings is 5. The molecule has 29 heteroatoms. The van der Waals surface area contributed by atoms with Crippen LogP contribution in [0.2, 0.25) is 5.02 Å². The van der Waals surface area contributed by atoms with Crippen molar-refractivity contribution in [1.29, 1.82) is 0 Å². The number of thiazole rings is 1. The molecule has 5 aliphatic rings. The number of aryl methyl sites for hydroxylation is 1. The fourth-order valence-corrected chi connectivity index (χ4v) is 19.4. The van der Waals surface area contributed by atoms with Crippen molar-refractivity contribution in [2.24, 2.45) is 10.8 Å². The molecule has 110 heavy (non-hydrogen) atoms. The number of likely N-dealkylation sites (tertiary alicyclic amines) is 1. The Kier molecular flexibility index (Phi) is 28.5. The Morgan fingerprint density at radius 2 is 1.43 bits per heavy atom. The lowest BCUT2D eigenvalue weighted by Crippen LogP contribution is -2.57. The highest BCUT2D eigenvalue weighted by molar-refractivity contribution is 7.99. The Bertz CT molecular complexity index is 4380. The van der Waals surface area contributed by atoms with Gasteiger partial charge in [0, 0.05) is 137 Å². The summed E-state index contributed by atoms with van der Waals surface area (Å²) < 4.78 is 105. The monoisotopic (exact) mass is 1610 g/mol. The maximum Gasteiger partial charge on any atom is 0.501 e. The molecular formula is C81H105ClF3N11O10S4. The molecule has 0 spiro atoms. The van der Waals surface area contributed by atoms with E-state index in [1.807, 2.05) is 112 Å². The van der Waals surface area contributed by atoms with Crippen molar-refractivity contribution < 1.29 is 59.0 Å². The first-order valence-electron chi connectivity index (χ1n) is 38.2. The number of nitrogens with one attached hydrogen (secondary N) is 4. The third kappa shape index (κ3) is 22.3. The number of unbranched alkanes of at least 4 members (excludes halogenated alkanes) is 3. The Hall–Kier alpha value is -6.96. The molecule has 0 radical (unpaired) electrons. The van der Waals surface area contributed by atoms with Crippen molar-refractivity contribution in [3.63, 3.8) is 0 Å². The van der Waals surface area contributed by atoms with Crippen LogP contribution in [0.4, 0.5) is 24.5 Å². The number of hydrogen-bond donors (Lipinski definition) is 5. The zero-order chi connectivity index (χ0) is 78.5. The highest BCUT2D eigenvalue weighted by Crippen LogP contribution is 2.45. The molecule has 596 valence electrons. The van der Waals surface area contributed by atoms with Gasteiger partial charge >= 0.3 is 5.51 Å². The van der Waals surface area contributed by atoms with E-state index in [1.165, 1.54) is 45.5 Å². The fraction of sp³-hybridized carbons (Fsp3) is 0.519. The third-order valence-electron chi connectivity index (χ3n) is 21.8. The molecule has 0 saturated carbocycles. The van der Waals surface area contributed by atoms with Crippen LogP contribution >= 0.6 is 34.7 Å². The first-order valence-corrected chi connectivity index (χ1v) is 43.4. The van der Waals surface area contributed by atoms with Crippen LogP contribution in [0.1, 0.15) is 132 Å². The van der Waals surface area contributed by atoms with E-state index in [0.29, 0.717) is 75.6 Å². The number of allylic oxidation sites excluding steroid dienone is 1. The standard InChI is InChI=1S/C81H105ClF3N11O10S4/c1-56(58-17-19-60(20-18-58)74-57(2)86-55-108-74)87-77(100)71-48-66(97)52-96(71)78(101)75(79(3,4)5)89-73(98)16-12-7-8-13-34-91-36-38-94(39-37-91)54-80(6)33-31-69(59-21-25-63(82)26-22-59)62(50-80)51-93-40-42-95(43-41-93)65-27-23-61(24-28-65)76(99)90-110(104,105)68-29-30-70(72(49-68)109(102,103)81(83,84)85)88-64(32-35-92-44-46-106-47-45-92)53-107-67-14-10-9-11-15-67/h9-11,14-15,17-30,49,55-56,64,66,71,75,88,97H,7-8,12-13,16,31-48,50-54H2,1-6H3,(H,87,100)(H,89,98)(H,90,99)/t56-,64+,66+,71-,75+,80?/m0/s1. The van der Waals surface area contributed by atoms with E-state index in [4.69, 9.17) is 16.3 Å². The number of morpholine rings is 1. The number of sulfone groups is 1. The second kappa shape index (κ2) is 37.3. The van der Waals surface area contributed by atoms with Gasteiger partial charge in [-0.25, -0.2) is 26.5 Å². The van der Waals surface area contributed by atoms with Crippen LogP contribution in [0.15, 0.2) is 147 Å². The van der Waals surface area contributed by atoms with Crippen LogP contribution in [-0.4, -0.2) is 222 Å². The smallest absolute Gasteiger partial charge is 0.391 e. The third-order valence-corrected chi connectivity index (χ3v) is 27.1. The van der Waals surface area contributed by atoms with E-state index in [2.05, 4.69) is 64.5 Å². The van der Waals surface area contributed by atoms with Gasteiger partial charge < -0.3 is 45.4 Å². The molecule has 4 amide bonds. The van der Waals surface area contributed by atoms with Gasteiger partial charge in [0.25, 0.3) is 25.8 Å². The van der Waals surface area contributed by atoms with Gasteiger partial charge in [0.15, 0.2) is 0 Å². The predicted molar refractivity (Wildman–Crippen MR) is 429 cm³/mol. The summed E-state index contributed by atoms with van der Waals surface area (Å²) in [4.78, 5) is 73.0. The minimum absolute atomic E-state index is 0.00408. The number of nitrogens with zero attached hydrogens (tertiary/aromatic N) is 7. The predicted octanol–water partition coefficient (Wildman–Crippen LogP) is 12.2. The summed E-state index contributed by atoms with van der Waals surface area (Å²) in [6.07, 6.45) is 6.43. The van der Waals surface area contributed by atoms with E-state index in [-0.39, 0.29) is 54.1 Å². The first-order chi connectivity index (χ1) is 52.4. The summed E-state index contributed by atoms with van der Waals surface area (Å²) >= 11 is 9.43. The summed E-state index contributed by atoms with van der Waals surface area (Å²) in [7, 11) is -11.0. The van der Waals surface area contributed by atoms with Crippen LogP contribution in [0.3, 0.4) is 0 Å². The summed E-state index contributed by atoms with van der Waals surface area (Å²) in [5.74, 6) is -1.64. The maximum absolute atomic E-state index is 14.4. The van der Waals surface area contributed by atoms with Crippen molar-refractivity contribution in [2.45, 2.75) is 156 Å². The van der Waals surface area contributed by atoms with Crippen LogP contribution in [0.25, 0.3) is 16.0 Å². The lowest BCUT2D eigenvalue weighted by atomic mass is 9.71. The number of aliphatic hydroxyl groups is 1. The number of carbonyl (C=O) groups is 4. The summed E-state index contributed by atoms with van der Waals surface area (Å²) in [5, 5.41) is 20.6. The number of aliphatic hydroxyl groups excluding tert-OH is 1. The molecule has 0 bridgehead atoms. The second-order valence-electron chi connectivity index (χ2n) is 31.3. The molecule has 4 saturated heterocycles. The number of hydrogen-bond acceptors (Lipinski definition) is 19. The molecular weight excluding hydrogens is 1510 g/mol. The number of β-amino-alcohol motifs (C(OH)–C–C–N with tert-alkyl or cyclic N) is 1. The van der Waals surface area contributed by atoms with Crippen LogP contribution in [0.5, 0.6) is 0 Å². The van der Waals surface area contributed by atoms with Gasteiger partial charge in [-0.15, -0.1) is 23.1 Å². The van der Waals surface area contributed by atoms with Gasteiger partial charge in [-0.3, -0.25) is 29.0 Å². The number of carbonyl (C=O) groups excluding carboxylic acids is 4. The number of thioether (sulfide) groups is 1. The molecule has 1 aliphatic carbocycles. The Labute approximate surface area is 659 Å². The van der Waals surface area contributed by atoms with Crippen LogP contribution in [-0.2, 0) is 39.0 Å². The Morgan fingerprint density at radius 3 is 2.09 bits per heavy atom. The maximum atomic E-state index is 14.4. The molecule has 11 rings (SSSR count). The number of sulfonamides is 1. The molecule has 21 nitrogen and oxygen atoms in total. The number of rotatable bonds is 31. The SMILES string of the molecule is Cc1ncsc1-c1ccc([C@H](C)NC(=O)[C@@H]2C[C@@H](O)CN2C(=O)[C@@H](NC(=O)CCCCCCN2CCN(CC3(C)CCC(c4ccc(Cl)cc4)=C(CN4CCN(c5ccc(C(=O)NS(=O)(=O)c6ccc(N[C@H](CCN7CCOCC7)CSc7ccccc7)c(S(=O)(=O)C(F)(F)F)c6)cc5)CC4)C3)CC2)C(C)(C)C)cc1. The fourth-order valence-electron chi connectivity index (χ4n) is 15.5. The summed E-state index contributed by atoms with van der Waals surface area (Å²) in [6, 6.07) is 31.7. The zero-order valence-corrected chi connectivity index (χ0v) is 67.7. The lowest BCUT2D eigenvalue weighted by Gasteiger charge is -2.44. The van der Waals surface area contributed by atoms with Crippen molar-refractivity contribution in [1.82, 2.24) is 44.8 Å². The van der Waals surface area contributed by atoms with Crippen LogP contribution in [0, 0.1) is 17.8 Å². The van der Waals surface area contributed by atoms with E-state index >= 15 is 0 Å². The highest BCUT2D eigenvalue weighted by atomic mass is 35.5. The zero-order valence-electron chi connectivity index (χ0n) is 63.7. The van der Waals surface area contributed by atoms with E-state index in [9.17, 15) is 54.3 Å². The second-order valence-corrected chi connectivity index (χ2v) is 37.3. The minimum atomic E-state index is -6.10. The molecule has 1 unspecified atom stereocenters. The van der Waals surface area contributed by atoms with E-state index in [0.717, 1.165) is 142 Å². The molecule has 1 aromatic heterocycles. The first kappa shape index (κ1) is 84.0. The van der Waals surface area contributed by atoms with Crippen molar-refractivity contribution in [2.75, 3.05) is 127 Å². The van der Waals surface area contributed by atoms with Crippen molar-refractivity contribution in [3.8, 4) is 10.4 Å².